The summed E-state index contributed by atoms with van der Waals surface area (Å²) in [4.78, 5) is 2.42. The second kappa shape index (κ2) is 12.5. The van der Waals surface area contributed by atoms with Crippen molar-refractivity contribution in [1.29, 1.82) is 0 Å². The van der Waals surface area contributed by atoms with Crippen molar-refractivity contribution in [3.63, 3.8) is 0 Å². The first kappa shape index (κ1) is 31.8. The Morgan fingerprint density at radius 3 is 1.59 bits per heavy atom. The van der Waals surface area contributed by atoms with Crippen LogP contribution in [-0.4, -0.2) is 4.57 Å². The molecule has 3 aromatic heterocycles. The smallest absolute Gasteiger partial charge is 0.0575 e. The Morgan fingerprint density at radius 2 is 0.929 bits per heavy atom. The van der Waals surface area contributed by atoms with Crippen LogP contribution in [0, 0.1) is 0 Å². The third-order valence-corrected chi connectivity index (χ3v) is 14.0. The molecule has 0 unspecified atom stereocenters. The van der Waals surface area contributed by atoms with E-state index in [4.69, 9.17) is 0 Å². The van der Waals surface area contributed by atoms with Gasteiger partial charge in [0.1, 0.15) is 0 Å². The number of anilines is 3. The summed E-state index contributed by atoms with van der Waals surface area (Å²) >= 11 is 3.73. The van der Waals surface area contributed by atoms with E-state index < -0.39 is 0 Å². The summed E-state index contributed by atoms with van der Waals surface area (Å²) in [6.45, 7) is 0. The highest BCUT2D eigenvalue weighted by Gasteiger charge is 2.25. The van der Waals surface area contributed by atoms with E-state index in [2.05, 4.69) is 191 Å². The zero-order valence-corrected chi connectivity index (χ0v) is 32.1. The molecule has 12 rings (SSSR count). The van der Waals surface area contributed by atoms with E-state index in [0.717, 1.165) is 29.9 Å². The fourth-order valence-electron chi connectivity index (χ4n) is 9.10. The van der Waals surface area contributed by atoms with E-state index >= 15 is 0 Å². The van der Waals surface area contributed by atoms with E-state index in [0.29, 0.717) is 0 Å². The first-order chi connectivity index (χ1) is 27.7. The Bertz CT molecular complexity index is 3190. The number of thiophene rings is 2. The summed E-state index contributed by atoms with van der Waals surface area (Å²) in [5.41, 5.74) is 13.9. The van der Waals surface area contributed by atoms with Gasteiger partial charge in [0.25, 0.3) is 0 Å². The summed E-state index contributed by atoms with van der Waals surface area (Å²) in [6, 6.07) is 67.5. The minimum atomic E-state index is 1.07. The third kappa shape index (κ3) is 4.93. The molecule has 0 spiro atoms. The number of fused-ring (bicyclic) bond motifs is 11. The highest BCUT2D eigenvalue weighted by molar-refractivity contribution is 7.26. The van der Waals surface area contributed by atoms with Crippen molar-refractivity contribution >= 4 is 91.0 Å². The van der Waals surface area contributed by atoms with Crippen LogP contribution < -0.4 is 4.90 Å². The van der Waals surface area contributed by atoms with E-state index in [1.54, 1.807) is 0 Å². The highest BCUT2D eigenvalue weighted by atomic mass is 32.1. The minimum absolute atomic E-state index is 1.07. The molecule has 1 aliphatic rings. The lowest BCUT2D eigenvalue weighted by Crippen LogP contribution is -2.09. The van der Waals surface area contributed by atoms with Crippen molar-refractivity contribution in [2.45, 2.75) is 12.8 Å². The van der Waals surface area contributed by atoms with Crippen molar-refractivity contribution in [2.75, 3.05) is 4.90 Å². The van der Waals surface area contributed by atoms with Gasteiger partial charge in [-0.05, 0) is 114 Å². The van der Waals surface area contributed by atoms with Gasteiger partial charge in [0, 0.05) is 74.0 Å². The van der Waals surface area contributed by atoms with Gasteiger partial charge in [0.05, 0.1) is 11.2 Å². The summed E-state index contributed by atoms with van der Waals surface area (Å²) in [6.07, 6.45) is 2.15. The lowest BCUT2D eigenvalue weighted by molar-refractivity contribution is 0.934. The van der Waals surface area contributed by atoms with Crippen molar-refractivity contribution in [3.8, 4) is 28.1 Å². The number of aromatic nitrogens is 1. The number of para-hydroxylation sites is 1. The molecule has 8 aromatic carbocycles. The van der Waals surface area contributed by atoms with Gasteiger partial charge < -0.3 is 9.47 Å². The van der Waals surface area contributed by atoms with Crippen LogP contribution >= 0.6 is 22.7 Å². The van der Waals surface area contributed by atoms with Gasteiger partial charge in [-0.2, -0.15) is 0 Å². The zero-order chi connectivity index (χ0) is 36.7. The third-order valence-electron chi connectivity index (χ3n) is 11.7. The molecule has 0 fully saturated rings. The molecule has 3 heterocycles. The van der Waals surface area contributed by atoms with Crippen LogP contribution in [0.3, 0.4) is 0 Å². The van der Waals surface area contributed by atoms with Crippen LogP contribution in [-0.2, 0) is 12.8 Å². The first-order valence-electron chi connectivity index (χ1n) is 19.3. The number of hydrogen-bond donors (Lipinski definition) is 0. The summed E-state index contributed by atoms with van der Waals surface area (Å²) in [5.74, 6) is 0. The molecule has 0 amide bonds. The monoisotopic (exact) mass is 750 g/mol. The van der Waals surface area contributed by atoms with Gasteiger partial charge >= 0.3 is 0 Å². The van der Waals surface area contributed by atoms with Crippen molar-refractivity contribution in [3.05, 3.63) is 193 Å². The number of nitrogens with zero attached hydrogens (tertiary/aromatic N) is 2. The normalized spacial score (nSPS) is 12.5. The quantitative estimate of drug-likeness (QED) is 0.170. The van der Waals surface area contributed by atoms with Gasteiger partial charge in [-0.25, -0.2) is 0 Å². The molecule has 0 bridgehead atoms. The molecule has 264 valence electrons. The SMILES string of the molecule is c1ccc2c(c1)CCc1c-2n(-c2ccc(-c3ccc(N(c4ccc5sc6ccccc6c5c4)c4ccc5sc6ccccc6c5c4)cc3)cc2)c2ccccc12. The second-order valence-corrected chi connectivity index (χ2v) is 17.0. The average molecular weight is 751 g/mol. The fourth-order valence-corrected chi connectivity index (χ4v) is 11.3. The number of benzene rings is 8. The van der Waals surface area contributed by atoms with Gasteiger partial charge in [-0.3, -0.25) is 0 Å². The van der Waals surface area contributed by atoms with Crippen LogP contribution in [0.25, 0.3) is 79.3 Å². The number of hydrogen-bond acceptors (Lipinski definition) is 3. The van der Waals surface area contributed by atoms with Gasteiger partial charge in [0.2, 0.25) is 0 Å². The molecular formula is C52H34N2S2. The molecular weight excluding hydrogens is 717 g/mol. The van der Waals surface area contributed by atoms with Crippen LogP contribution in [0.4, 0.5) is 17.1 Å². The van der Waals surface area contributed by atoms with Crippen LogP contribution in [0.5, 0.6) is 0 Å². The average Bonchev–Trinajstić information content (AvgIpc) is 3.94. The lowest BCUT2D eigenvalue weighted by atomic mass is 9.89. The Hall–Kier alpha value is -6.46. The predicted octanol–water partition coefficient (Wildman–Crippen LogP) is 15.3. The highest BCUT2D eigenvalue weighted by Crippen LogP contribution is 2.45. The van der Waals surface area contributed by atoms with Crippen molar-refractivity contribution < 1.29 is 0 Å². The maximum atomic E-state index is 2.48. The summed E-state index contributed by atoms with van der Waals surface area (Å²) in [5, 5.41) is 6.58. The molecule has 0 saturated heterocycles. The topological polar surface area (TPSA) is 8.17 Å². The second-order valence-electron chi connectivity index (χ2n) is 14.8. The first-order valence-corrected chi connectivity index (χ1v) is 20.9. The van der Waals surface area contributed by atoms with E-state index in [1.807, 2.05) is 22.7 Å². The molecule has 4 heteroatoms. The molecule has 0 aliphatic heterocycles. The maximum Gasteiger partial charge on any atom is 0.0575 e. The number of rotatable bonds is 5. The predicted molar refractivity (Wildman–Crippen MR) is 242 cm³/mol. The van der Waals surface area contributed by atoms with Crippen molar-refractivity contribution in [1.82, 2.24) is 4.57 Å². The zero-order valence-electron chi connectivity index (χ0n) is 30.4. The van der Waals surface area contributed by atoms with Crippen LogP contribution in [0.2, 0.25) is 0 Å². The van der Waals surface area contributed by atoms with E-state index in [9.17, 15) is 0 Å². The fraction of sp³-hybridized carbons (Fsp3) is 0.0385. The molecule has 0 radical (unpaired) electrons. The largest absolute Gasteiger partial charge is 0.310 e. The molecule has 56 heavy (non-hydrogen) atoms. The Kier molecular flexibility index (Phi) is 7.13. The summed E-state index contributed by atoms with van der Waals surface area (Å²) in [7, 11) is 0. The molecule has 0 saturated carbocycles. The number of aryl methyl sites for hydroxylation is 2. The summed E-state index contributed by atoms with van der Waals surface area (Å²) < 4.78 is 7.75. The van der Waals surface area contributed by atoms with E-state index in [1.165, 1.54) is 90.4 Å². The molecule has 11 aromatic rings. The molecule has 0 N–H and O–H groups in total. The van der Waals surface area contributed by atoms with Crippen LogP contribution in [0.1, 0.15) is 11.1 Å². The molecule has 0 atom stereocenters. The van der Waals surface area contributed by atoms with Crippen LogP contribution in [0.15, 0.2) is 182 Å². The minimum Gasteiger partial charge on any atom is -0.310 e. The maximum absolute atomic E-state index is 2.48. The molecule has 1 aliphatic carbocycles. The van der Waals surface area contributed by atoms with Gasteiger partial charge in [-0.15, -0.1) is 22.7 Å². The lowest BCUT2D eigenvalue weighted by Gasteiger charge is -2.26. The Labute approximate surface area is 332 Å². The van der Waals surface area contributed by atoms with E-state index in [-0.39, 0.29) is 0 Å². The Balaban J connectivity index is 0.953. The molecule has 2 nitrogen and oxygen atoms in total. The standard InChI is InChI=1S/C52H34N2S2/c1-2-10-40-35(9-1)21-28-44-41-11-3-6-14-47(41)54(52(40)44)37-24-19-34(20-25-37)33-17-22-36(23-18-33)53(38-26-29-50-45(31-38)42-12-4-7-15-48(42)55-50)39-27-30-51-46(32-39)43-13-5-8-16-49(43)56-51/h1-20,22-27,29-32H,21,28H2. The van der Waals surface area contributed by atoms with Crippen molar-refractivity contribution in [2.24, 2.45) is 0 Å². The Morgan fingerprint density at radius 1 is 0.411 bits per heavy atom. The van der Waals surface area contributed by atoms with Gasteiger partial charge in [0.15, 0.2) is 0 Å². The van der Waals surface area contributed by atoms with Gasteiger partial charge in [-0.1, -0.05) is 103 Å².